The largest absolute Gasteiger partial charge is 0.394 e. The zero-order valence-corrected chi connectivity index (χ0v) is 10.2. The maximum absolute atomic E-state index is 10.2. The number of likely N-dealkylation sites (N-methyl/N-ethyl adjacent to an activating group) is 1. The molecule has 0 aromatic rings. The van der Waals surface area contributed by atoms with Gasteiger partial charge in [-0.2, -0.15) is 9.48 Å². The smallest absolute Gasteiger partial charge is 0.227 e. The fraction of sp³-hybridized carbons (Fsp3) is 1.00. The molecular formula is C11H20NO6+. The molecule has 4 N–H and O–H groups in total. The van der Waals surface area contributed by atoms with Crippen LogP contribution in [0.4, 0.5) is 0 Å². The number of fused-ring (bicyclic) bond motifs is 3. The van der Waals surface area contributed by atoms with E-state index in [4.69, 9.17) is 14.7 Å². The second-order valence-corrected chi connectivity index (χ2v) is 5.63. The number of aliphatic hydroxyl groups excluding tert-OH is 4. The van der Waals surface area contributed by atoms with Crippen molar-refractivity contribution in [3.8, 4) is 0 Å². The molecule has 0 saturated carbocycles. The van der Waals surface area contributed by atoms with Crippen LogP contribution in [0.5, 0.6) is 0 Å². The topological polar surface area (TPSA) is 99.4 Å². The van der Waals surface area contributed by atoms with E-state index in [1.165, 1.54) is 0 Å². The highest BCUT2D eigenvalue weighted by atomic mass is 16.8. The number of hydrogen-bond donors (Lipinski definition) is 4. The first-order valence-corrected chi connectivity index (χ1v) is 6.32. The molecule has 3 saturated heterocycles. The molecule has 0 aromatic heterocycles. The number of aliphatic hydroxyl groups is 4. The maximum Gasteiger partial charge on any atom is 0.227 e. The van der Waals surface area contributed by atoms with E-state index >= 15 is 0 Å². The van der Waals surface area contributed by atoms with E-state index in [1.807, 2.05) is 7.05 Å². The summed E-state index contributed by atoms with van der Waals surface area (Å²) < 4.78 is 5.68. The molecule has 0 bridgehead atoms. The lowest BCUT2D eigenvalue weighted by Gasteiger charge is -2.37. The van der Waals surface area contributed by atoms with E-state index in [-0.39, 0.29) is 17.3 Å². The van der Waals surface area contributed by atoms with E-state index in [0.29, 0.717) is 13.0 Å². The predicted molar refractivity (Wildman–Crippen MR) is 57.8 cm³/mol. The van der Waals surface area contributed by atoms with Gasteiger partial charge in [0.25, 0.3) is 0 Å². The molecule has 7 nitrogen and oxygen atoms in total. The van der Waals surface area contributed by atoms with E-state index in [1.54, 1.807) is 0 Å². The number of ether oxygens (including phenoxy) is 1. The molecule has 0 aliphatic carbocycles. The lowest BCUT2D eigenvalue weighted by Crippen LogP contribution is -2.58. The van der Waals surface area contributed by atoms with Crippen LogP contribution >= 0.6 is 0 Å². The van der Waals surface area contributed by atoms with Gasteiger partial charge in [-0.25, -0.2) is 0 Å². The Bertz CT molecular complexity index is 341. The van der Waals surface area contributed by atoms with Crippen molar-refractivity contribution in [3.05, 3.63) is 0 Å². The molecular weight excluding hydrogens is 242 g/mol. The van der Waals surface area contributed by atoms with Gasteiger partial charge in [0.2, 0.25) is 6.29 Å². The van der Waals surface area contributed by atoms with E-state index in [2.05, 4.69) is 0 Å². The summed E-state index contributed by atoms with van der Waals surface area (Å²) in [6.45, 7) is 0.274. The summed E-state index contributed by atoms with van der Waals surface area (Å²) in [6, 6.07) is -0.292. The molecule has 3 aliphatic heterocycles. The van der Waals surface area contributed by atoms with Gasteiger partial charge in [-0.15, -0.1) is 0 Å². The van der Waals surface area contributed by atoms with Gasteiger partial charge in [0.1, 0.15) is 30.8 Å². The fourth-order valence-electron chi connectivity index (χ4n) is 3.61. The average molecular weight is 262 g/mol. The number of rotatable bonds is 1. The van der Waals surface area contributed by atoms with Crippen molar-refractivity contribution in [2.45, 2.75) is 43.2 Å². The Kier molecular flexibility index (Phi) is 2.91. The molecule has 0 amide bonds. The summed E-state index contributed by atoms with van der Waals surface area (Å²) in [5.41, 5.74) is 0. The highest BCUT2D eigenvalue weighted by Crippen LogP contribution is 2.46. The molecule has 18 heavy (non-hydrogen) atoms. The second-order valence-electron chi connectivity index (χ2n) is 5.63. The summed E-state index contributed by atoms with van der Waals surface area (Å²) in [4.78, 5) is 5.77. The number of hydroxylamine groups is 3. The van der Waals surface area contributed by atoms with Crippen LogP contribution in [-0.2, 0) is 9.57 Å². The Balaban J connectivity index is 1.89. The van der Waals surface area contributed by atoms with Crippen LogP contribution in [0.3, 0.4) is 0 Å². The van der Waals surface area contributed by atoms with Gasteiger partial charge in [0.15, 0.2) is 6.04 Å². The molecule has 0 spiro atoms. The Morgan fingerprint density at radius 3 is 2.61 bits per heavy atom. The van der Waals surface area contributed by atoms with E-state index < -0.39 is 36.6 Å². The van der Waals surface area contributed by atoms with Gasteiger partial charge >= 0.3 is 0 Å². The summed E-state index contributed by atoms with van der Waals surface area (Å²) in [7, 11) is 1.84. The molecule has 3 rings (SSSR count). The minimum absolute atomic E-state index is 0.193. The molecule has 0 radical (unpaired) electrons. The first-order chi connectivity index (χ1) is 8.48. The predicted octanol–water partition coefficient (Wildman–Crippen LogP) is -2.43. The summed E-state index contributed by atoms with van der Waals surface area (Å²) >= 11 is 0. The van der Waals surface area contributed by atoms with Crippen molar-refractivity contribution in [2.24, 2.45) is 5.92 Å². The molecule has 8 atom stereocenters. The van der Waals surface area contributed by atoms with Crippen molar-refractivity contribution >= 4 is 0 Å². The highest BCUT2D eigenvalue weighted by molar-refractivity contribution is 4.97. The van der Waals surface area contributed by atoms with Crippen LogP contribution in [0, 0.1) is 5.92 Å². The minimum Gasteiger partial charge on any atom is -0.394 e. The third kappa shape index (κ3) is 1.56. The zero-order chi connectivity index (χ0) is 13.1. The van der Waals surface area contributed by atoms with Crippen LogP contribution < -0.4 is 0 Å². The third-order valence-corrected chi connectivity index (χ3v) is 4.56. The highest BCUT2D eigenvalue weighted by Gasteiger charge is 2.66. The van der Waals surface area contributed by atoms with Crippen molar-refractivity contribution in [2.75, 3.05) is 20.2 Å². The Morgan fingerprint density at radius 2 is 1.94 bits per heavy atom. The minimum atomic E-state index is -1.15. The van der Waals surface area contributed by atoms with Gasteiger partial charge in [0, 0.05) is 6.42 Å². The van der Waals surface area contributed by atoms with Crippen molar-refractivity contribution in [3.63, 3.8) is 0 Å². The normalized spacial score (nSPS) is 59.5. The van der Waals surface area contributed by atoms with E-state index in [9.17, 15) is 15.3 Å². The van der Waals surface area contributed by atoms with Gasteiger partial charge in [-0.3, -0.25) is 0 Å². The lowest BCUT2D eigenvalue weighted by atomic mass is 9.84. The quantitative estimate of drug-likeness (QED) is 0.392. The second kappa shape index (κ2) is 4.11. The SMILES string of the molecule is C[N+]12CC[C@H](O)[C@H]1[C@H]1[C@H](O[C@H](CO)[C@@H](O)[C@@H]1O)O2. The molecule has 0 aromatic carbocycles. The Labute approximate surface area is 105 Å². The molecule has 104 valence electrons. The summed E-state index contributed by atoms with van der Waals surface area (Å²) in [5, 5.41) is 39.2. The van der Waals surface area contributed by atoms with Crippen molar-refractivity contribution in [1.82, 2.24) is 0 Å². The van der Waals surface area contributed by atoms with Crippen molar-refractivity contribution < 1.29 is 34.6 Å². The van der Waals surface area contributed by atoms with Crippen LogP contribution in [0.15, 0.2) is 0 Å². The number of hydrogen-bond acceptors (Lipinski definition) is 6. The van der Waals surface area contributed by atoms with Gasteiger partial charge in [-0.1, -0.05) is 0 Å². The van der Waals surface area contributed by atoms with Crippen LogP contribution in [-0.4, -0.2) is 82.0 Å². The van der Waals surface area contributed by atoms with Crippen molar-refractivity contribution in [1.29, 1.82) is 0 Å². The summed E-state index contributed by atoms with van der Waals surface area (Å²) in [5.74, 6) is -0.467. The fourth-order valence-corrected chi connectivity index (χ4v) is 3.61. The Hall–Kier alpha value is -0.280. The van der Waals surface area contributed by atoms with E-state index in [0.717, 1.165) is 0 Å². The zero-order valence-electron chi connectivity index (χ0n) is 10.2. The van der Waals surface area contributed by atoms with Gasteiger partial charge in [0.05, 0.1) is 19.8 Å². The maximum atomic E-state index is 10.2. The third-order valence-electron chi connectivity index (χ3n) is 4.56. The lowest BCUT2D eigenvalue weighted by molar-refractivity contribution is -1.09. The molecule has 1 unspecified atom stereocenters. The monoisotopic (exact) mass is 262 g/mol. The average Bonchev–Trinajstić information content (AvgIpc) is 2.78. The van der Waals surface area contributed by atoms with Crippen LogP contribution in [0.2, 0.25) is 0 Å². The first kappa shape index (κ1) is 12.7. The van der Waals surface area contributed by atoms with Crippen LogP contribution in [0.25, 0.3) is 0 Å². The number of quaternary nitrogens is 1. The van der Waals surface area contributed by atoms with Gasteiger partial charge < -0.3 is 25.2 Å². The Morgan fingerprint density at radius 1 is 1.22 bits per heavy atom. The van der Waals surface area contributed by atoms with Crippen LogP contribution in [0.1, 0.15) is 6.42 Å². The van der Waals surface area contributed by atoms with Gasteiger partial charge in [-0.05, 0) is 0 Å². The first-order valence-electron chi connectivity index (χ1n) is 6.32. The standard InChI is InChI=1S/C11H20NO6/c1-12-3-2-5(14)8(12)7-10(16)9(15)6(4-13)17-11(7)18-12/h5-11,13-16H,2-4H2,1H3/q+1/t5-,6+,7+,8-,9+,10+,11+,12?/m0/s1. The number of nitrogens with zero attached hydrogens (tertiary/aromatic N) is 1. The molecule has 3 aliphatic rings. The molecule has 3 fully saturated rings. The molecule has 3 heterocycles. The molecule has 7 heteroatoms. The summed E-state index contributed by atoms with van der Waals surface area (Å²) in [6.07, 6.45) is -3.70.